The summed E-state index contributed by atoms with van der Waals surface area (Å²) in [6, 6.07) is 2.06. The highest BCUT2D eigenvalue weighted by atomic mass is 16.6. The standard InChI is InChI=1S/C31H48N2O6/c1-8-10-17-38-28(35)32-23-19-22-21(26(25(23)20(3)4)33-29(36)39-18-11-9-2)13-14-24-30(22,5)15-12-16-31(24,6)27(34)37-7/h19-20,24H,8-18H2,1-7H3,(H,32,35)(H,33,36)/t24?,30-,31-/m1/s1. The van der Waals surface area contributed by atoms with Gasteiger partial charge in [-0.1, -0.05) is 53.9 Å². The minimum atomic E-state index is -0.602. The topological polar surface area (TPSA) is 103 Å². The average molecular weight is 545 g/mol. The first kappa shape index (κ1) is 30.8. The van der Waals surface area contributed by atoms with Crippen LogP contribution in [0.4, 0.5) is 21.0 Å². The summed E-state index contributed by atoms with van der Waals surface area (Å²) in [5.41, 5.74) is 3.36. The molecule has 1 saturated carbocycles. The van der Waals surface area contributed by atoms with Gasteiger partial charge in [0.2, 0.25) is 0 Å². The number of methoxy groups -OCH3 is 1. The van der Waals surface area contributed by atoms with Crippen molar-refractivity contribution in [1.29, 1.82) is 0 Å². The van der Waals surface area contributed by atoms with Crippen LogP contribution in [0.3, 0.4) is 0 Å². The molecule has 2 amide bonds. The smallest absolute Gasteiger partial charge is 0.411 e. The van der Waals surface area contributed by atoms with E-state index in [9.17, 15) is 14.4 Å². The lowest BCUT2D eigenvalue weighted by atomic mass is 9.49. The molecule has 8 heteroatoms. The largest absolute Gasteiger partial charge is 0.469 e. The number of hydrogen-bond donors (Lipinski definition) is 2. The van der Waals surface area contributed by atoms with Gasteiger partial charge in [-0.2, -0.15) is 0 Å². The number of carbonyl (C=O) groups excluding carboxylic acids is 3. The van der Waals surface area contributed by atoms with Gasteiger partial charge in [-0.25, -0.2) is 9.59 Å². The van der Waals surface area contributed by atoms with Crippen LogP contribution >= 0.6 is 0 Å². The summed E-state index contributed by atoms with van der Waals surface area (Å²) >= 11 is 0. The molecule has 1 unspecified atom stereocenters. The Labute approximate surface area is 233 Å². The van der Waals surface area contributed by atoms with Crippen molar-refractivity contribution in [2.24, 2.45) is 11.3 Å². The van der Waals surface area contributed by atoms with Crippen molar-refractivity contribution in [3.05, 3.63) is 22.8 Å². The molecule has 1 aromatic carbocycles. The van der Waals surface area contributed by atoms with E-state index >= 15 is 0 Å². The normalized spacial score (nSPS) is 23.8. The number of nitrogens with one attached hydrogen (secondary N) is 2. The summed E-state index contributed by atoms with van der Waals surface area (Å²) in [7, 11) is 1.46. The molecule has 0 aromatic heterocycles. The monoisotopic (exact) mass is 544 g/mol. The highest BCUT2D eigenvalue weighted by Gasteiger charge is 2.56. The number of ether oxygens (including phenoxy) is 3. The Morgan fingerprint density at radius 3 is 2.18 bits per heavy atom. The summed E-state index contributed by atoms with van der Waals surface area (Å²) in [5.74, 6) is -0.0990. The van der Waals surface area contributed by atoms with Gasteiger partial charge in [-0.3, -0.25) is 15.4 Å². The zero-order valence-electron chi connectivity index (χ0n) is 25.0. The van der Waals surface area contributed by atoms with Gasteiger partial charge in [0.1, 0.15) is 0 Å². The lowest BCUT2D eigenvalue weighted by molar-refractivity contribution is -0.161. The molecule has 218 valence electrons. The van der Waals surface area contributed by atoms with E-state index in [0.717, 1.165) is 68.1 Å². The number of fused-ring (bicyclic) bond motifs is 3. The molecule has 1 fully saturated rings. The molecule has 0 spiro atoms. The van der Waals surface area contributed by atoms with Crippen molar-refractivity contribution in [2.45, 2.75) is 111 Å². The summed E-state index contributed by atoms with van der Waals surface area (Å²) in [6.45, 7) is 13.1. The first-order chi connectivity index (χ1) is 18.5. The van der Waals surface area contributed by atoms with Crippen molar-refractivity contribution < 1.29 is 28.6 Å². The Bertz CT molecular complexity index is 1050. The molecular formula is C31H48N2O6. The lowest BCUT2D eigenvalue weighted by Gasteiger charge is -2.54. The second-order valence-electron chi connectivity index (χ2n) is 11.9. The SMILES string of the molecule is CCCCOC(=O)Nc1cc2c(c(NC(=O)OCCCC)c1C(C)C)CCC1[C@](C)(C(=O)OC)CCC[C@]21C. The second kappa shape index (κ2) is 13.1. The summed E-state index contributed by atoms with van der Waals surface area (Å²) in [5, 5.41) is 6.06. The van der Waals surface area contributed by atoms with Crippen LogP contribution in [-0.2, 0) is 30.8 Å². The highest BCUT2D eigenvalue weighted by molar-refractivity contribution is 5.94. The van der Waals surface area contributed by atoms with Gasteiger partial charge in [0, 0.05) is 11.3 Å². The summed E-state index contributed by atoms with van der Waals surface area (Å²) in [6.07, 6.45) is 6.50. The van der Waals surface area contributed by atoms with Gasteiger partial charge in [0.05, 0.1) is 31.4 Å². The highest BCUT2D eigenvalue weighted by Crippen LogP contribution is 2.59. The van der Waals surface area contributed by atoms with Gasteiger partial charge < -0.3 is 14.2 Å². The number of esters is 1. The fraction of sp³-hybridized carbons (Fsp3) is 0.710. The van der Waals surface area contributed by atoms with E-state index in [1.165, 1.54) is 7.11 Å². The van der Waals surface area contributed by atoms with Crippen LogP contribution in [0.15, 0.2) is 6.07 Å². The van der Waals surface area contributed by atoms with E-state index in [1.54, 1.807) is 0 Å². The van der Waals surface area contributed by atoms with E-state index in [4.69, 9.17) is 14.2 Å². The molecule has 39 heavy (non-hydrogen) atoms. The van der Waals surface area contributed by atoms with E-state index in [-0.39, 0.29) is 23.2 Å². The van der Waals surface area contributed by atoms with Crippen LogP contribution in [0.2, 0.25) is 0 Å². The van der Waals surface area contributed by atoms with E-state index in [0.29, 0.717) is 31.0 Å². The number of hydrogen-bond acceptors (Lipinski definition) is 6. The third-order valence-electron chi connectivity index (χ3n) is 8.86. The predicted octanol–water partition coefficient (Wildman–Crippen LogP) is 7.69. The number of benzene rings is 1. The number of amides is 2. The molecule has 3 rings (SSSR count). The number of anilines is 2. The molecule has 1 aromatic rings. The lowest BCUT2D eigenvalue weighted by Crippen LogP contribution is -2.52. The molecule has 0 saturated heterocycles. The maximum absolute atomic E-state index is 13.0. The summed E-state index contributed by atoms with van der Waals surface area (Å²) < 4.78 is 16.2. The third kappa shape index (κ3) is 6.36. The van der Waals surface area contributed by atoms with Crippen molar-refractivity contribution in [3.63, 3.8) is 0 Å². The Balaban J connectivity index is 2.15. The fourth-order valence-electron chi connectivity index (χ4n) is 6.86. The maximum Gasteiger partial charge on any atom is 0.411 e. The number of rotatable bonds is 10. The Hall–Kier alpha value is -2.77. The van der Waals surface area contributed by atoms with E-state index < -0.39 is 17.6 Å². The number of unbranched alkanes of at least 4 members (excludes halogenated alkanes) is 2. The van der Waals surface area contributed by atoms with Crippen molar-refractivity contribution in [1.82, 2.24) is 0 Å². The Morgan fingerprint density at radius 1 is 1.00 bits per heavy atom. The minimum absolute atomic E-state index is 0.00408. The van der Waals surface area contributed by atoms with E-state index in [2.05, 4.69) is 23.6 Å². The molecular weight excluding hydrogens is 496 g/mol. The van der Waals surface area contributed by atoms with Gasteiger partial charge in [0.15, 0.2) is 0 Å². The van der Waals surface area contributed by atoms with Crippen molar-refractivity contribution >= 4 is 29.5 Å². The molecule has 2 aliphatic rings. The molecule has 0 radical (unpaired) electrons. The molecule has 3 atom stereocenters. The summed E-state index contributed by atoms with van der Waals surface area (Å²) in [4.78, 5) is 38.8. The Morgan fingerprint density at radius 2 is 1.62 bits per heavy atom. The molecule has 2 aliphatic carbocycles. The van der Waals surface area contributed by atoms with Gasteiger partial charge in [0.25, 0.3) is 0 Å². The molecule has 8 nitrogen and oxygen atoms in total. The molecule has 2 N–H and O–H groups in total. The number of carbonyl (C=O) groups is 3. The zero-order chi connectivity index (χ0) is 28.8. The maximum atomic E-state index is 13.0. The van der Waals surface area contributed by atoms with Gasteiger partial charge in [-0.15, -0.1) is 0 Å². The van der Waals surface area contributed by atoms with Crippen molar-refractivity contribution in [2.75, 3.05) is 31.0 Å². The first-order valence-corrected chi connectivity index (χ1v) is 14.7. The van der Waals surface area contributed by atoms with Crippen LogP contribution in [-0.4, -0.2) is 38.5 Å². The van der Waals surface area contributed by atoms with E-state index in [1.807, 2.05) is 34.6 Å². The van der Waals surface area contributed by atoms with Crippen LogP contribution in [0.5, 0.6) is 0 Å². The molecule has 0 bridgehead atoms. The van der Waals surface area contributed by atoms with Crippen LogP contribution in [0, 0.1) is 11.3 Å². The van der Waals surface area contributed by atoms with Crippen molar-refractivity contribution in [3.8, 4) is 0 Å². The average Bonchev–Trinajstić information content (AvgIpc) is 2.88. The van der Waals surface area contributed by atoms with Gasteiger partial charge in [-0.05, 0) is 79.9 Å². The Kier molecular flexibility index (Phi) is 10.3. The first-order valence-electron chi connectivity index (χ1n) is 14.7. The minimum Gasteiger partial charge on any atom is -0.469 e. The third-order valence-corrected chi connectivity index (χ3v) is 8.86. The zero-order valence-corrected chi connectivity index (χ0v) is 25.0. The molecule has 0 aliphatic heterocycles. The fourth-order valence-corrected chi connectivity index (χ4v) is 6.86. The van der Waals surface area contributed by atoms with Gasteiger partial charge >= 0.3 is 18.2 Å². The van der Waals surface area contributed by atoms with Crippen LogP contribution in [0.1, 0.15) is 116 Å². The van der Waals surface area contributed by atoms with Crippen LogP contribution < -0.4 is 10.6 Å². The van der Waals surface area contributed by atoms with Crippen LogP contribution in [0.25, 0.3) is 0 Å². The quantitative estimate of drug-likeness (QED) is 0.178. The predicted molar refractivity (Wildman–Crippen MR) is 153 cm³/mol. The second-order valence-corrected chi connectivity index (χ2v) is 11.9. The molecule has 0 heterocycles.